The largest absolute Gasteiger partial charge is 0.396 e. The molecule has 0 aliphatic carbocycles. The molecular weight excluding hydrogens is 282 g/mol. The summed E-state index contributed by atoms with van der Waals surface area (Å²) in [6.45, 7) is 2.17. The highest BCUT2D eigenvalue weighted by Gasteiger charge is 2.26. The van der Waals surface area contributed by atoms with Crippen molar-refractivity contribution in [1.82, 2.24) is 14.9 Å². The molecule has 0 aliphatic heterocycles. The van der Waals surface area contributed by atoms with Gasteiger partial charge in [0.05, 0.1) is 18.5 Å². The average Bonchev–Trinajstić information content (AvgIpc) is 3.02. The van der Waals surface area contributed by atoms with Crippen molar-refractivity contribution in [3.63, 3.8) is 0 Å². The Kier molecular flexibility index (Phi) is 5.30. The zero-order valence-corrected chi connectivity index (χ0v) is 12.8. The summed E-state index contributed by atoms with van der Waals surface area (Å²) in [5.74, 6) is -0.199. The summed E-state index contributed by atoms with van der Waals surface area (Å²) in [6, 6.07) is 7.27. The normalized spacial score (nSPS) is 13.6. The van der Waals surface area contributed by atoms with Crippen LogP contribution in [0.3, 0.4) is 0 Å². The molecule has 2 N–H and O–H groups in total. The van der Waals surface area contributed by atoms with E-state index in [-0.39, 0.29) is 12.5 Å². The van der Waals surface area contributed by atoms with Crippen LogP contribution in [0.15, 0.2) is 43.0 Å². The molecule has 1 amide bonds. The number of imidazole rings is 1. The molecule has 0 bridgehead atoms. The molecule has 0 saturated heterocycles. The molecule has 22 heavy (non-hydrogen) atoms. The van der Waals surface area contributed by atoms with Gasteiger partial charge in [-0.1, -0.05) is 6.07 Å². The number of methoxy groups -OCH3 is 1. The van der Waals surface area contributed by atoms with Crippen molar-refractivity contribution in [1.29, 1.82) is 0 Å². The number of nitrogens with zero attached hydrogens (tertiary/aromatic N) is 2. The van der Waals surface area contributed by atoms with Crippen LogP contribution in [-0.4, -0.2) is 46.4 Å². The summed E-state index contributed by atoms with van der Waals surface area (Å²) < 4.78 is 6.97. The van der Waals surface area contributed by atoms with E-state index < -0.39 is 5.54 Å². The van der Waals surface area contributed by atoms with Gasteiger partial charge in [-0.05, 0) is 31.5 Å². The fourth-order valence-corrected chi connectivity index (χ4v) is 2.30. The number of carbonyl (C=O) groups is 1. The van der Waals surface area contributed by atoms with Crippen LogP contribution >= 0.6 is 0 Å². The van der Waals surface area contributed by atoms with Crippen molar-refractivity contribution in [3.8, 4) is 5.69 Å². The van der Waals surface area contributed by atoms with E-state index in [1.54, 1.807) is 31.8 Å². The maximum Gasteiger partial charge on any atom is 0.251 e. The molecule has 6 nitrogen and oxygen atoms in total. The van der Waals surface area contributed by atoms with Gasteiger partial charge < -0.3 is 19.7 Å². The Bertz CT molecular complexity index is 605. The van der Waals surface area contributed by atoms with Gasteiger partial charge in [-0.2, -0.15) is 0 Å². The standard InChI is InChI=1S/C16H21N3O3/c1-16(6-9-20,11-22-2)18-15(21)13-4-3-5-14(10-13)19-8-7-17-12-19/h3-5,7-8,10,12,20H,6,9,11H2,1-2H3,(H,18,21). The minimum atomic E-state index is -0.606. The summed E-state index contributed by atoms with van der Waals surface area (Å²) in [5, 5.41) is 12.1. The smallest absolute Gasteiger partial charge is 0.251 e. The Morgan fingerprint density at radius 2 is 2.32 bits per heavy atom. The van der Waals surface area contributed by atoms with Gasteiger partial charge in [0.25, 0.3) is 5.91 Å². The summed E-state index contributed by atoms with van der Waals surface area (Å²) >= 11 is 0. The van der Waals surface area contributed by atoms with E-state index in [4.69, 9.17) is 9.84 Å². The molecule has 2 rings (SSSR count). The van der Waals surface area contributed by atoms with Gasteiger partial charge in [-0.3, -0.25) is 4.79 Å². The van der Waals surface area contributed by atoms with Crippen LogP contribution in [0.5, 0.6) is 0 Å². The van der Waals surface area contributed by atoms with E-state index in [9.17, 15) is 4.79 Å². The Balaban J connectivity index is 2.17. The highest BCUT2D eigenvalue weighted by Crippen LogP contribution is 2.14. The van der Waals surface area contributed by atoms with E-state index in [2.05, 4.69) is 10.3 Å². The third kappa shape index (κ3) is 3.93. The number of nitrogens with one attached hydrogen (secondary N) is 1. The SMILES string of the molecule is COCC(C)(CCO)NC(=O)c1cccc(-n2ccnc2)c1. The van der Waals surface area contributed by atoms with Crippen LogP contribution in [0, 0.1) is 0 Å². The number of rotatable bonds is 7. The summed E-state index contributed by atoms with van der Waals surface area (Å²) in [5.41, 5.74) is 0.804. The minimum absolute atomic E-state index is 0.0186. The predicted octanol–water partition coefficient (Wildman–Crippen LogP) is 1.39. The summed E-state index contributed by atoms with van der Waals surface area (Å²) in [7, 11) is 1.57. The van der Waals surface area contributed by atoms with Gasteiger partial charge in [0, 0.05) is 37.4 Å². The number of amides is 1. The summed E-state index contributed by atoms with van der Waals surface area (Å²) in [4.78, 5) is 16.5. The monoisotopic (exact) mass is 303 g/mol. The van der Waals surface area contributed by atoms with Crippen LogP contribution in [0.1, 0.15) is 23.7 Å². The van der Waals surface area contributed by atoms with Crippen LogP contribution in [-0.2, 0) is 4.74 Å². The maximum absolute atomic E-state index is 12.5. The van der Waals surface area contributed by atoms with E-state index in [1.807, 2.05) is 29.8 Å². The van der Waals surface area contributed by atoms with E-state index in [0.717, 1.165) is 5.69 Å². The van der Waals surface area contributed by atoms with Gasteiger partial charge in [0.1, 0.15) is 0 Å². The number of benzene rings is 1. The molecule has 0 fully saturated rings. The van der Waals surface area contributed by atoms with Crippen molar-refractivity contribution in [2.45, 2.75) is 18.9 Å². The number of hydrogen-bond donors (Lipinski definition) is 2. The first kappa shape index (κ1) is 16.2. The quantitative estimate of drug-likeness (QED) is 0.810. The number of ether oxygens (including phenoxy) is 1. The molecule has 0 spiro atoms. The molecule has 0 saturated carbocycles. The summed E-state index contributed by atoms with van der Waals surface area (Å²) in [6.07, 6.45) is 5.60. The van der Waals surface area contributed by atoms with Gasteiger partial charge in [0.15, 0.2) is 0 Å². The molecule has 1 aromatic heterocycles. The van der Waals surface area contributed by atoms with Crippen LogP contribution in [0.2, 0.25) is 0 Å². The number of aliphatic hydroxyl groups is 1. The molecule has 1 heterocycles. The Hall–Kier alpha value is -2.18. The molecule has 1 unspecified atom stereocenters. The highest BCUT2D eigenvalue weighted by molar-refractivity contribution is 5.95. The van der Waals surface area contributed by atoms with Gasteiger partial charge in [-0.25, -0.2) is 4.98 Å². The first-order chi connectivity index (χ1) is 10.6. The van der Waals surface area contributed by atoms with Crippen molar-refractivity contribution in [2.24, 2.45) is 0 Å². The highest BCUT2D eigenvalue weighted by atomic mass is 16.5. The van der Waals surface area contributed by atoms with Gasteiger partial charge in [0.2, 0.25) is 0 Å². The lowest BCUT2D eigenvalue weighted by Gasteiger charge is -2.29. The number of hydrogen-bond acceptors (Lipinski definition) is 4. The lowest BCUT2D eigenvalue weighted by molar-refractivity contribution is 0.0725. The number of carbonyl (C=O) groups excluding carboxylic acids is 1. The van der Waals surface area contributed by atoms with Crippen molar-refractivity contribution in [2.75, 3.05) is 20.3 Å². The van der Waals surface area contributed by atoms with Gasteiger partial charge >= 0.3 is 0 Å². The Morgan fingerprint density at radius 1 is 1.50 bits per heavy atom. The third-order valence-corrected chi connectivity index (χ3v) is 3.45. The topological polar surface area (TPSA) is 76.4 Å². The fraction of sp³-hybridized carbons (Fsp3) is 0.375. The second-order valence-electron chi connectivity index (χ2n) is 5.44. The van der Waals surface area contributed by atoms with Gasteiger partial charge in [-0.15, -0.1) is 0 Å². The average molecular weight is 303 g/mol. The van der Waals surface area contributed by atoms with E-state index in [0.29, 0.717) is 18.6 Å². The molecule has 118 valence electrons. The number of aromatic nitrogens is 2. The van der Waals surface area contributed by atoms with E-state index >= 15 is 0 Å². The zero-order valence-electron chi connectivity index (χ0n) is 12.8. The zero-order chi connectivity index (χ0) is 16.0. The fourth-order valence-electron chi connectivity index (χ4n) is 2.30. The molecule has 0 radical (unpaired) electrons. The molecule has 1 aromatic carbocycles. The van der Waals surface area contributed by atoms with Crippen LogP contribution in [0.25, 0.3) is 5.69 Å². The Labute approximate surface area is 129 Å². The third-order valence-electron chi connectivity index (χ3n) is 3.45. The van der Waals surface area contributed by atoms with Crippen LogP contribution < -0.4 is 5.32 Å². The predicted molar refractivity (Wildman–Crippen MR) is 83.0 cm³/mol. The van der Waals surface area contributed by atoms with Crippen molar-refractivity contribution in [3.05, 3.63) is 48.5 Å². The second kappa shape index (κ2) is 7.20. The maximum atomic E-state index is 12.5. The first-order valence-electron chi connectivity index (χ1n) is 7.09. The molecule has 2 aromatic rings. The van der Waals surface area contributed by atoms with E-state index in [1.165, 1.54) is 0 Å². The molecule has 0 aliphatic rings. The number of aliphatic hydroxyl groups excluding tert-OH is 1. The molecular formula is C16H21N3O3. The minimum Gasteiger partial charge on any atom is -0.396 e. The second-order valence-corrected chi connectivity index (χ2v) is 5.44. The van der Waals surface area contributed by atoms with Crippen molar-refractivity contribution >= 4 is 5.91 Å². The lowest BCUT2D eigenvalue weighted by atomic mass is 9.98. The Morgan fingerprint density at radius 3 is 2.95 bits per heavy atom. The molecule has 1 atom stereocenters. The van der Waals surface area contributed by atoms with Crippen molar-refractivity contribution < 1.29 is 14.6 Å². The van der Waals surface area contributed by atoms with Crippen LogP contribution in [0.4, 0.5) is 0 Å². The lowest BCUT2D eigenvalue weighted by Crippen LogP contribution is -2.50. The molecule has 6 heteroatoms. The first-order valence-corrected chi connectivity index (χ1v) is 7.09.